The molecule has 4 nitrogen and oxygen atoms in total. The van der Waals surface area contributed by atoms with Crippen LogP contribution < -0.4 is 5.73 Å². The minimum atomic E-state index is -1.53. The number of aliphatic carboxylic acids is 1. The van der Waals surface area contributed by atoms with Crippen LogP contribution in [0.5, 0.6) is 0 Å². The summed E-state index contributed by atoms with van der Waals surface area (Å²) in [7, 11) is 0. The van der Waals surface area contributed by atoms with E-state index in [1.54, 1.807) is 0 Å². The van der Waals surface area contributed by atoms with Crippen molar-refractivity contribution >= 4 is 18.4 Å². The number of nitrogens with two attached hydrogens (primary N) is 1. The van der Waals surface area contributed by atoms with Gasteiger partial charge in [0, 0.05) is 6.61 Å². The molecule has 0 aliphatic carbocycles. The smallest absolute Gasteiger partial charge is 0.350 e. The van der Waals surface area contributed by atoms with Crippen molar-refractivity contribution in [3.63, 3.8) is 0 Å². The molecular weight excluding hydrogens is 182 g/mol. The van der Waals surface area contributed by atoms with E-state index in [0.29, 0.717) is 6.61 Å². The lowest BCUT2D eigenvalue weighted by molar-refractivity contribution is -0.163. The molecule has 0 rings (SSSR count). The zero-order valence-electron chi connectivity index (χ0n) is 7.37. The third-order valence-electron chi connectivity index (χ3n) is 1.32. The predicted molar refractivity (Wildman–Crippen MR) is 48.3 cm³/mol. The highest BCUT2D eigenvalue weighted by Crippen LogP contribution is 2.02. The van der Waals surface area contributed by atoms with Gasteiger partial charge in [0.1, 0.15) is 0 Å². The quantitative estimate of drug-likeness (QED) is 0.509. The fourth-order valence-electron chi connectivity index (χ4n) is 0.490. The second-order valence-corrected chi connectivity index (χ2v) is 2.61. The summed E-state index contributed by atoms with van der Waals surface area (Å²) in [4.78, 5) is 10.4. The molecule has 0 aromatic heterocycles. The van der Waals surface area contributed by atoms with Crippen LogP contribution in [0.1, 0.15) is 26.7 Å². The topological polar surface area (TPSA) is 72.5 Å². The van der Waals surface area contributed by atoms with Gasteiger partial charge in [0.25, 0.3) is 0 Å². The van der Waals surface area contributed by atoms with Gasteiger partial charge in [-0.2, -0.15) is 0 Å². The number of carboxylic acid groups (broad SMARTS) is 1. The van der Waals surface area contributed by atoms with Gasteiger partial charge in [-0.15, -0.1) is 12.4 Å². The van der Waals surface area contributed by atoms with Gasteiger partial charge in [0.15, 0.2) is 0 Å². The van der Waals surface area contributed by atoms with E-state index >= 15 is 0 Å². The minimum absolute atomic E-state index is 0. The number of unbranched alkanes of at least 4 members (excludes halogenated alkanes) is 1. The molecule has 0 aromatic carbocycles. The lowest BCUT2D eigenvalue weighted by Gasteiger charge is -2.19. The maximum Gasteiger partial charge on any atom is 0.350 e. The number of ether oxygens (including phenoxy) is 1. The first-order valence-corrected chi connectivity index (χ1v) is 3.67. The van der Waals surface area contributed by atoms with Crippen LogP contribution in [0.15, 0.2) is 0 Å². The maximum absolute atomic E-state index is 10.4. The molecule has 0 heterocycles. The summed E-state index contributed by atoms with van der Waals surface area (Å²) in [5.74, 6) is -1.13. The monoisotopic (exact) mass is 197 g/mol. The van der Waals surface area contributed by atoms with Crippen molar-refractivity contribution in [3.05, 3.63) is 0 Å². The Morgan fingerprint density at radius 3 is 2.50 bits per heavy atom. The summed E-state index contributed by atoms with van der Waals surface area (Å²) in [5.41, 5.74) is 3.75. The molecule has 0 radical (unpaired) electrons. The Kier molecular flexibility index (Phi) is 7.37. The second-order valence-electron chi connectivity index (χ2n) is 2.61. The number of halogens is 1. The van der Waals surface area contributed by atoms with Crippen LogP contribution in [0.2, 0.25) is 0 Å². The zero-order valence-corrected chi connectivity index (χ0v) is 8.19. The Labute approximate surface area is 78.5 Å². The van der Waals surface area contributed by atoms with E-state index in [1.807, 2.05) is 6.92 Å². The largest absolute Gasteiger partial charge is 0.478 e. The number of hydrogen-bond donors (Lipinski definition) is 2. The van der Waals surface area contributed by atoms with E-state index < -0.39 is 11.7 Å². The number of carbonyl (C=O) groups is 1. The Morgan fingerprint density at radius 1 is 1.67 bits per heavy atom. The molecule has 0 aromatic rings. The zero-order chi connectivity index (χ0) is 8.91. The van der Waals surface area contributed by atoms with Gasteiger partial charge in [-0.05, 0) is 13.3 Å². The molecule has 0 bridgehead atoms. The standard InChI is InChI=1S/C7H15NO3.ClH/c1-3-4-5-11-7(2,8)6(9)10;/h3-5,8H2,1-2H3,(H,9,10);1H. The molecule has 0 fully saturated rings. The number of rotatable bonds is 5. The fraction of sp³-hybridized carbons (Fsp3) is 0.857. The van der Waals surface area contributed by atoms with E-state index in [-0.39, 0.29) is 12.4 Å². The highest BCUT2D eigenvalue weighted by atomic mass is 35.5. The van der Waals surface area contributed by atoms with Gasteiger partial charge in [-0.25, -0.2) is 4.79 Å². The molecule has 5 heteroatoms. The Hall–Kier alpha value is -0.320. The summed E-state index contributed by atoms with van der Waals surface area (Å²) < 4.78 is 4.91. The number of hydrogen-bond acceptors (Lipinski definition) is 3. The maximum atomic E-state index is 10.4. The van der Waals surface area contributed by atoms with Crippen molar-refractivity contribution < 1.29 is 14.6 Å². The SMILES string of the molecule is CCCCOC(C)(N)C(=O)O.Cl. The van der Waals surface area contributed by atoms with Crippen LogP contribution in [0.25, 0.3) is 0 Å². The first kappa shape index (κ1) is 14.2. The Morgan fingerprint density at radius 2 is 2.17 bits per heavy atom. The Balaban J connectivity index is 0. The molecule has 0 amide bonds. The van der Waals surface area contributed by atoms with Gasteiger partial charge in [0.2, 0.25) is 5.72 Å². The van der Waals surface area contributed by atoms with Gasteiger partial charge in [-0.1, -0.05) is 13.3 Å². The van der Waals surface area contributed by atoms with Crippen molar-refractivity contribution in [2.45, 2.75) is 32.4 Å². The molecular formula is C7H16ClNO3. The van der Waals surface area contributed by atoms with E-state index in [1.165, 1.54) is 6.92 Å². The third kappa shape index (κ3) is 5.35. The fourth-order valence-corrected chi connectivity index (χ4v) is 0.490. The molecule has 3 N–H and O–H groups in total. The average molecular weight is 198 g/mol. The van der Waals surface area contributed by atoms with Crippen LogP contribution in [0, 0.1) is 0 Å². The van der Waals surface area contributed by atoms with Crippen molar-refractivity contribution in [1.29, 1.82) is 0 Å². The summed E-state index contributed by atoms with van der Waals surface area (Å²) in [6, 6.07) is 0. The number of carboxylic acids is 1. The molecule has 74 valence electrons. The van der Waals surface area contributed by atoms with Crippen LogP contribution >= 0.6 is 12.4 Å². The first-order chi connectivity index (χ1) is 5.00. The summed E-state index contributed by atoms with van der Waals surface area (Å²) in [6.45, 7) is 3.73. The Bertz CT molecular complexity index is 139. The summed E-state index contributed by atoms with van der Waals surface area (Å²) in [6.07, 6.45) is 1.80. The molecule has 12 heavy (non-hydrogen) atoms. The lowest BCUT2D eigenvalue weighted by atomic mass is 10.3. The molecule has 0 saturated heterocycles. The van der Waals surface area contributed by atoms with E-state index in [9.17, 15) is 4.79 Å². The van der Waals surface area contributed by atoms with Gasteiger partial charge >= 0.3 is 5.97 Å². The summed E-state index contributed by atoms with van der Waals surface area (Å²) >= 11 is 0. The van der Waals surface area contributed by atoms with Gasteiger partial charge in [-0.3, -0.25) is 5.73 Å². The van der Waals surface area contributed by atoms with Crippen molar-refractivity contribution in [1.82, 2.24) is 0 Å². The summed E-state index contributed by atoms with van der Waals surface area (Å²) in [5, 5.41) is 8.49. The first-order valence-electron chi connectivity index (χ1n) is 3.67. The minimum Gasteiger partial charge on any atom is -0.478 e. The molecule has 0 saturated carbocycles. The van der Waals surface area contributed by atoms with E-state index in [2.05, 4.69) is 0 Å². The predicted octanol–water partition coefficient (Wildman–Crippen LogP) is 0.984. The van der Waals surface area contributed by atoms with Gasteiger partial charge < -0.3 is 9.84 Å². The van der Waals surface area contributed by atoms with Crippen LogP contribution in [-0.2, 0) is 9.53 Å². The average Bonchev–Trinajstić information content (AvgIpc) is 1.88. The third-order valence-corrected chi connectivity index (χ3v) is 1.32. The van der Waals surface area contributed by atoms with Crippen molar-refractivity contribution in [2.75, 3.05) is 6.61 Å². The van der Waals surface area contributed by atoms with Crippen LogP contribution in [0.3, 0.4) is 0 Å². The van der Waals surface area contributed by atoms with Crippen molar-refractivity contribution in [3.8, 4) is 0 Å². The van der Waals surface area contributed by atoms with Crippen LogP contribution in [0.4, 0.5) is 0 Å². The molecule has 0 aliphatic heterocycles. The second kappa shape index (κ2) is 6.22. The van der Waals surface area contributed by atoms with Crippen LogP contribution in [-0.4, -0.2) is 23.4 Å². The molecule has 0 aliphatic rings. The van der Waals surface area contributed by atoms with E-state index in [4.69, 9.17) is 15.6 Å². The lowest BCUT2D eigenvalue weighted by Crippen LogP contribution is -2.47. The van der Waals surface area contributed by atoms with Gasteiger partial charge in [0.05, 0.1) is 0 Å². The highest BCUT2D eigenvalue weighted by Gasteiger charge is 2.28. The molecule has 1 atom stereocenters. The highest BCUT2D eigenvalue weighted by molar-refractivity contribution is 5.85. The normalized spacial score (nSPS) is 14.6. The molecule has 1 unspecified atom stereocenters. The van der Waals surface area contributed by atoms with E-state index in [0.717, 1.165) is 12.8 Å². The molecule has 0 spiro atoms. The van der Waals surface area contributed by atoms with Crippen molar-refractivity contribution in [2.24, 2.45) is 5.73 Å².